The topological polar surface area (TPSA) is 70.0 Å². The molecular formula is C22H45NO4. The Hall–Kier alpha value is -0.650. The molecule has 0 radical (unpaired) electrons. The van der Waals surface area contributed by atoms with Crippen LogP contribution in [0.4, 0.5) is 0 Å². The van der Waals surface area contributed by atoms with Gasteiger partial charge in [0.1, 0.15) is 11.4 Å². The van der Waals surface area contributed by atoms with Gasteiger partial charge >= 0.3 is 5.97 Å². The predicted octanol–water partition coefficient (Wildman–Crippen LogP) is 5.68. The smallest absolute Gasteiger partial charge is 0.325 e. The van der Waals surface area contributed by atoms with Crippen LogP contribution in [0.25, 0.3) is 0 Å². The summed E-state index contributed by atoms with van der Waals surface area (Å²) in [4.78, 5) is 17.1. The monoisotopic (exact) mass is 387 g/mol. The highest BCUT2D eigenvalue weighted by Gasteiger charge is 2.38. The highest BCUT2D eigenvalue weighted by Crippen LogP contribution is 2.22. The molecule has 2 N–H and O–H groups in total. The fraction of sp³-hybridized carbons (Fsp3) is 0.955. The summed E-state index contributed by atoms with van der Waals surface area (Å²) >= 11 is 0. The Morgan fingerprint density at radius 3 is 1.37 bits per heavy atom. The first-order valence-corrected chi connectivity index (χ1v) is 11.0. The SMILES string of the molecule is CCCCCCCCCCCCCCCC(=O)ON(C(C)(C)O)C(C)(C)O. The number of hydrogen-bond donors (Lipinski definition) is 2. The molecule has 0 aliphatic rings. The molecule has 0 aliphatic heterocycles. The van der Waals surface area contributed by atoms with Crippen LogP contribution < -0.4 is 0 Å². The molecule has 0 aromatic heterocycles. The van der Waals surface area contributed by atoms with Crippen molar-refractivity contribution < 1.29 is 19.8 Å². The van der Waals surface area contributed by atoms with Crippen molar-refractivity contribution in [2.45, 2.75) is 136 Å². The highest BCUT2D eigenvalue weighted by atomic mass is 16.7. The molecule has 27 heavy (non-hydrogen) atoms. The molecule has 5 nitrogen and oxygen atoms in total. The molecule has 0 amide bonds. The number of hydroxylamine groups is 2. The van der Waals surface area contributed by atoms with Crippen LogP contribution in [-0.4, -0.2) is 32.7 Å². The maximum absolute atomic E-state index is 12.0. The van der Waals surface area contributed by atoms with Crippen molar-refractivity contribution in [3.63, 3.8) is 0 Å². The van der Waals surface area contributed by atoms with Crippen molar-refractivity contribution in [1.29, 1.82) is 0 Å². The lowest BCUT2D eigenvalue weighted by molar-refractivity contribution is -0.346. The second-order valence-corrected chi connectivity index (χ2v) is 8.74. The first kappa shape index (κ1) is 26.4. The third kappa shape index (κ3) is 15.0. The summed E-state index contributed by atoms with van der Waals surface area (Å²) in [7, 11) is 0. The van der Waals surface area contributed by atoms with Crippen LogP contribution in [0, 0.1) is 0 Å². The molecule has 0 rings (SSSR count). The molecule has 0 saturated carbocycles. The number of hydrogen-bond acceptors (Lipinski definition) is 5. The Morgan fingerprint density at radius 2 is 1.04 bits per heavy atom. The van der Waals surface area contributed by atoms with E-state index in [0.717, 1.165) is 24.3 Å². The first-order chi connectivity index (χ1) is 12.6. The Balaban J connectivity index is 3.63. The van der Waals surface area contributed by atoms with E-state index in [-0.39, 0.29) is 0 Å². The number of carbonyl (C=O) groups is 1. The van der Waals surface area contributed by atoms with Crippen LogP contribution in [0.5, 0.6) is 0 Å². The van der Waals surface area contributed by atoms with Gasteiger partial charge in [0.2, 0.25) is 0 Å². The third-order valence-electron chi connectivity index (χ3n) is 4.67. The minimum absolute atomic E-state index is 0.306. The van der Waals surface area contributed by atoms with E-state index in [2.05, 4.69) is 6.92 Å². The molecule has 0 fully saturated rings. The molecule has 0 bridgehead atoms. The fourth-order valence-electron chi connectivity index (χ4n) is 3.33. The maximum atomic E-state index is 12.0. The van der Waals surface area contributed by atoms with Gasteiger partial charge in [0.15, 0.2) is 0 Å². The van der Waals surface area contributed by atoms with E-state index in [4.69, 9.17) is 4.84 Å². The van der Waals surface area contributed by atoms with E-state index < -0.39 is 17.4 Å². The predicted molar refractivity (Wildman–Crippen MR) is 111 cm³/mol. The average Bonchev–Trinajstić information content (AvgIpc) is 2.55. The zero-order valence-electron chi connectivity index (χ0n) is 18.6. The summed E-state index contributed by atoms with van der Waals surface area (Å²) < 4.78 is 0. The Kier molecular flexibility index (Phi) is 14.0. The Bertz CT molecular complexity index is 357. The van der Waals surface area contributed by atoms with E-state index in [1.165, 1.54) is 91.9 Å². The molecule has 5 heteroatoms. The number of aliphatic hydroxyl groups is 2. The number of nitrogens with zero attached hydrogens (tertiary/aromatic N) is 1. The zero-order chi connectivity index (χ0) is 20.8. The van der Waals surface area contributed by atoms with Gasteiger partial charge in [0.05, 0.1) is 0 Å². The standard InChI is InChI=1S/C22H45NO4/c1-6-7-8-9-10-11-12-13-14-15-16-17-18-19-20(24)27-23(21(2,3)25)22(4,5)26/h25-26H,6-19H2,1-5H3. The molecule has 0 unspecified atom stereocenters. The number of unbranched alkanes of at least 4 members (excludes halogenated alkanes) is 12. The molecule has 0 heterocycles. The molecular weight excluding hydrogens is 342 g/mol. The molecule has 0 aromatic rings. The van der Waals surface area contributed by atoms with E-state index in [1.807, 2.05) is 0 Å². The van der Waals surface area contributed by atoms with Crippen molar-refractivity contribution in [3.05, 3.63) is 0 Å². The Labute approximate surface area is 167 Å². The normalized spacial score (nSPS) is 12.6. The van der Waals surface area contributed by atoms with Gasteiger partial charge in [-0.05, 0) is 34.1 Å². The van der Waals surface area contributed by atoms with Gasteiger partial charge in [0, 0.05) is 6.42 Å². The van der Waals surface area contributed by atoms with Gasteiger partial charge in [-0.3, -0.25) is 4.79 Å². The summed E-state index contributed by atoms with van der Waals surface area (Å²) in [5, 5.41) is 21.0. The highest BCUT2D eigenvalue weighted by molar-refractivity contribution is 5.69. The van der Waals surface area contributed by atoms with Crippen molar-refractivity contribution in [1.82, 2.24) is 5.06 Å². The summed E-state index contributed by atoms with van der Waals surface area (Å²) in [6.45, 7) is 8.16. The Morgan fingerprint density at radius 1 is 0.704 bits per heavy atom. The second-order valence-electron chi connectivity index (χ2n) is 8.74. The summed E-state index contributed by atoms with van der Waals surface area (Å²) in [5.41, 5.74) is -2.88. The zero-order valence-corrected chi connectivity index (χ0v) is 18.6. The lowest BCUT2D eigenvalue weighted by Crippen LogP contribution is -2.56. The number of carbonyl (C=O) groups excluding carboxylic acids is 1. The molecule has 0 saturated heterocycles. The van der Waals surface area contributed by atoms with E-state index in [0.29, 0.717) is 6.42 Å². The molecule has 0 aliphatic carbocycles. The quantitative estimate of drug-likeness (QED) is 0.191. The van der Waals surface area contributed by atoms with Crippen LogP contribution in [0.15, 0.2) is 0 Å². The van der Waals surface area contributed by atoms with Crippen molar-refractivity contribution in [3.8, 4) is 0 Å². The van der Waals surface area contributed by atoms with Gasteiger partial charge in [0.25, 0.3) is 0 Å². The third-order valence-corrected chi connectivity index (χ3v) is 4.67. The fourth-order valence-corrected chi connectivity index (χ4v) is 3.33. The number of rotatable bonds is 17. The maximum Gasteiger partial charge on any atom is 0.325 e. The summed E-state index contributed by atoms with van der Waals surface area (Å²) in [5.74, 6) is -0.415. The van der Waals surface area contributed by atoms with Crippen LogP contribution in [0.2, 0.25) is 0 Å². The van der Waals surface area contributed by atoms with Crippen LogP contribution in [0.1, 0.15) is 125 Å². The summed E-state index contributed by atoms with van der Waals surface area (Å²) in [6, 6.07) is 0. The lowest BCUT2D eigenvalue weighted by Gasteiger charge is -2.39. The van der Waals surface area contributed by atoms with Gasteiger partial charge in [-0.25, -0.2) is 0 Å². The minimum atomic E-state index is -1.44. The van der Waals surface area contributed by atoms with E-state index >= 15 is 0 Å². The van der Waals surface area contributed by atoms with Crippen LogP contribution in [0.3, 0.4) is 0 Å². The largest absolute Gasteiger partial charge is 0.373 e. The van der Waals surface area contributed by atoms with Crippen LogP contribution in [-0.2, 0) is 9.63 Å². The average molecular weight is 388 g/mol. The van der Waals surface area contributed by atoms with Crippen LogP contribution >= 0.6 is 0 Å². The minimum Gasteiger partial charge on any atom is -0.373 e. The van der Waals surface area contributed by atoms with E-state index in [1.54, 1.807) is 0 Å². The van der Waals surface area contributed by atoms with Gasteiger partial charge < -0.3 is 15.1 Å². The molecule has 162 valence electrons. The van der Waals surface area contributed by atoms with Gasteiger partial charge in [-0.15, -0.1) is 0 Å². The van der Waals surface area contributed by atoms with Crippen molar-refractivity contribution >= 4 is 5.97 Å². The van der Waals surface area contributed by atoms with Crippen molar-refractivity contribution in [2.75, 3.05) is 0 Å². The molecule has 0 atom stereocenters. The van der Waals surface area contributed by atoms with E-state index in [9.17, 15) is 15.0 Å². The van der Waals surface area contributed by atoms with Gasteiger partial charge in [-0.1, -0.05) is 89.0 Å². The van der Waals surface area contributed by atoms with Gasteiger partial charge in [-0.2, -0.15) is 0 Å². The summed E-state index contributed by atoms with van der Waals surface area (Å²) in [6.07, 6.45) is 16.6. The second kappa shape index (κ2) is 14.4. The first-order valence-electron chi connectivity index (χ1n) is 11.0. The molecule has 0 aromatic carbocycles. The van der Waals surface area contributed by atoms with Crippen molar-refractivity contribution in [2.24, 2.45) is 0 Å². The molecule has 0 spiro atoms. The lowest BCUT2D eigenvalue weighted by atomic mass is 10.0.